The summed E-state index contributed by atoms with van der Waals surface area (Å²) in [7, 11) is 8.28. The van der Waals surface area contributed by atoms with Crippen molar-refractivity contribution in [1.82, 2.24) is 9.80 Å². The Morgan fingerprint density at radius 1 is 1.00 bits per heavy atom. The predicted molar refractivity (Wildman–Crippen MR) is 75.5 cm³/mol. The minimum Gasteiger partial charge on any atom is -0.349 e. The van der Waals surface area contributed by atoms with Gasteiger partial charge in [0.1, 0.15) is 0 Å². The first-order valence-electron chi connectivity index (χ1n) is 6.97. The molecule has 0 heterocycles. The third-order valence-corrected chi connectivity index (χ3v) is 3.61. The lowest BCUT2D eigenvalue weighted by molar-refractivity contribution is 0.306. The molecular formula is C14H29N3. The quantitative estimate of drug-likeness (QED) is 0.557. The van der Waals surface area contributed by atoms with Gasteiger partial charge in [-0.25, -0.2) is 4.99 Å². The summed E-state index contributed by atoms with van der Waals surface area (Å²) in [6.07, 6.45) is 8.03. The Bertz CT molecular complexity index is 228. The van der Waals surface area contributed by atoms with Crippen molar-refractivity contribution in [2.24, 2.45) is 10.9 Å². The highest BCUT2D eigenvalue weighted by molar-refractivity contribution is 5.79. The van der Waals surface area contributed by atoms with E-state index in [1.165, 1.54) is 38.5 Å². The summed E-state index contributed by atoms with van der Waals surface area (Å²) in [6, 6.07) is 0.544. The molecule has 1 saturated carbocycles. The molecule has 17 heavy (non-hydrogen) atoms. The average Bonchev–Trinajstić information content (AvgIpc) is 2.27. The molecule has 0 unspecified atom stereocenters. The third kappa shape index (κ3) is 4.57. The lowest BCUT2D eigenvalue weighted by Gasteiger charge is -2.29. The van der Waals surface area contributed by atoms with Gasteiger partial charge >= 0.3 is 0 Å². The maximum atomic E-state index is 4.90. The second-order valence-corrected chi connectivity index (χ2v) is 5.68. The monoisotopic (exact) mass is 239 g/mol. The molecule has 0 N–H and O–H groups in total. The Morgan fingerprint density at radius 3 is 1.94 bits per heavy atom. The summed E-state index contributed by atoms with van der Waals surface area (Å²) in [5.74, 6) is 2.07. The lowest BCUT2D eigenvalue weighted by atomic mass is 9.84. The number of nitrogens with zero attached hydrogens (tertiary/aromatic N) is 3. The molecule has 0 aliphatic heterocycles. The maximum Gasteiger partial charge on any atom is 0.195 e. The molecule has 3 nitrogen and oxygen atoms in total. The Balaban J connectivity index is 2.50. The van der Waals surface area contributed by atoms with E-state index in [0.29, 0.717) is 6.04 Å². The van der Waals surface area contributed by atoms with Crippen LogP contribution in [-0.2, 0) is 0 Å². The summed E-state index contributed by atoms with van der Waals surface area (Å²) < 4.78 is 0. The van der Waals surface area contributed by atoms with Crippen LogP contribution in [0.15, 0.2) is 4.99 Å². The zero-order valence-corrected chi connectivity index (χ0v) is 12.2. The Hall–Kier alpha value is -0.730. The fraction of sp³-hybridized carbons (Fsp3) is 0.929. The minimum atomic E-state index is 0.544. The molecule has 0 radical (unpaired) electrons. The molecule has 100 valence electrons. The molecule has 1 fully saturated rings. The van der Waals surface area contributed by atoms with Crippen molar-refractivity contribution in [3.8, 4) is 0 Å². The third-order valence-electron chi connectivity index (χ3n) is 3.61. The Kier molecular flexibility index (Phi) is 5.79. The van der Waals surface area contributed by atoms with Crippen LogP contribution in [0.4, 0.5) is 0 Å². The van der Waals surface area contributed by atoms with E-state index >= 15 is 0 Å². The maximum absolute atomic E-state index is 4.90. The Morgan fingerprint density at radius 2 is 1.53 bits per heavy atom. The summed E-state index contributed by atoms with van der Waals surface area (Å²) in [4.78, 5) is 9.12. The van der Waals surface area contributed by atoms with Gasteiger partial charge < -0.3 is 9.80 Å². The number of aliphatic imine (C=N–C) groups is 1. The minimum absolute atomic E-state index is 0.544. The van der Waals surface area contributed by atoms with Crippen LogP contribution < -0.4 is 0 Å². The van der Waals surface area contributed by atoms with E-state index in [1.807, 2.05) is 0 Å². The zero-order valence-electron chi connectivity index (χ0n) is 12.2. The van der Waals surface area contributed by atoms with Crippen molar-refractivity contribution in [2.45, 2.75) is 51.5 Å². The smallest absolute Gasteiger partial charge is 0.195 e. The topological polar surface area (TPSA) is 18.8 Å². The van der Waals surface area contributed by atoms with Crippen LogP contribution in [0.3, 0.4) is 0 Å². The first-order valence-corrected chi connectivity index (χ1v) is 6.97. The van der Waals surface area contributed by atoms with Gasteiger partial charge in [-0.15, -0.1) is 0 Å². The van der Waals surface area contributed by atoms with Crippen LogP contribution >= 0.6 is 0 Å². The van der Waals surface area contributed by atoms with E-state index in [2.05, 4.69) is 44.9 Å². The highest BCUT2D eigenvalue weighted by Gasteiger charge is 2.21. The molecule has 1 aliphatic carbocycles. The lowest BCUT2D eigenvalue weighted by Crippen LogP contribution is -2.37. The molecule has 0 aromatic heterocycles. The fourth-order valence-corrected chi connectivity index (χ4v) is 2.77. The molecular weight excluding hydrogens is 210 g/mol. The standard InChI is InChI=1S/C14H29N3/c1-6-7-12-8-10-13(11-9-12)15-14(16(2)3)17(4)5/h12-13H,6-11H2,1-5H3. The molecule has 0 atom stereocenters. The summed E-state index contributed by atoms with van der Waals surface area (Å²) in [5, 5.41) is 0. The van der Waals surface area contributed by atoms with Crippen molar-refractivity contribution < 1.29 is 0 Å². The van der Waals surface area contributed by atoms with E-state index < -0.39 is 0 Å². The van der Waals surface area contributed by atoms with Crippen molar-refractivity contribution >= 4 is 5.96 Å². The molecule has 3 heteroatoms. The molecule has 0 bridgehead atoms. The summed E-state index contributed by atoms with van der Waals surface area (Å²) in [5.41, 5.74) is 0. The van der Waals surface area contributed by atoms with Crippen LogP contribution in [0, 0.1) is 5.92 Å². The number of hydrogen-bond donors (Lipinski definition) is 0. The highest BCUT2D eigenvalue weighted by Crippen LogP contribution is 2.29. The second-order valence-electron chi connectivity index (χ2n) is 5.68. The molecule has 0 aromatic carbocycles. The first-order chi connectivity index (χ1) is 8.04. The largest absolute Gasteiger partial charge is 0.349 e. The van der Waals surface area contributed by atoms with Gasteiger partial charge in [-0.05, 0) is 31.6 Å². The van der Waals surface area contributed by atoms with Crippen molar-refractivity contribution in [2.75, 3.05) is 28.2 Å². The average molecular weight is 239 g/mol. The first kappa shape index (κ1) is 14.3. The SMILES string of the molecule is CCCC1CCC(N=C(N(C)C)N(C)C)CC1. The van der Waals surface area contributed by atoms with Crippen LogP contribution in [0.5, 0.6) is 0 Å². The molecule has 0 spiro atoms. The van der Waals surface area contributed by atoms with Crippen molar-refractivity contribution in [3.05, 3.63) is 0 Å². The van der Waals surface area contributed by atoms with Gasteiger partial charge in [-0.3, -0.25) is 0 Å². The summed E-state index contributed by atoms with van der Waals surface area (Å²) >= 11 is 0. The van der Waals surface area contributed by atoms with Gasteiger partial charge in [0.2, 0.25) is 0 Å². The second kappa shape index (κ2) is 6.87. The van der Waals surface area contributed by atoms with Gasteiger partial charge in [0.05, 0.1) is 6.04 Å². The molecule has 0 amide bonds. The highest BCUT2D eigenvalue weighted by atomic mass is 15.3. The molecule has 0 aromatic rings. The predicted octanol–water partition coefficient (Wildman–Crippen LogP) is 2.82. The normalized spacial score (nSPS) is 24.3. The van der Waals surface area contributed by atoms with E-state index in [-0.39, 0.29) is 0 Å². The Labute approximate surface area is 107 Å². The van der Waals surface area contributed by atoms with E-state index in [1.54, 1.807) is 0 Å². The molecule has 0 saturated heterocycles. The molecule has 1 aliphatic rings. The van der Waals surface area contributed by atoms with E-state index in [4.69, 9.17) is 4.99 Å². The van der Waals surface area contributed by atoms with Gasteiger partial charge in [0, 0.05) is 28.2 Å². The van der Waals surface area contributed by atoms with Crippen LogP contribution in [-0.4, -0.2) is 50.0 Å². The van der Waals surface area contributed by atoms with Crippen molar-refractivity contribution in [3.63, 3.8) is 0 Å². The van der Waals surface area contributed by atoms with Gasteiger partial charge in [0.25, 0.3) is 0 Å². The van der Waals surface area contributed by atoms with Gasteiger partial charge in [-0.1, -0.05) is 19.8 Å². The number of guanidine groups is 1. The van der Waals surface area contributed by atoms with E-state index in [0.717, 1.165) is 11.9 Å². The van der Waals surface area contributed by atoms with Crippen LogP contribution in [0.2, 0.25) is 0 Å². The molecule has 1 rings (SSSR count). The van der Waals surface area contributed by atoms with Gasteiger partial charge in [0.15, 0.2) is 5.96 Å². The van der Waals surface area contributed by atoms with Gasteiger partial charge in [-0.2, -0.15) is 0 Å². The van der Waals surface area contributed by atoms with Crippen LogP contribution in [0.1, 0.15) is 45.4 Å². The number of rotatable bonds is 3. The number of hydrogen-bond acceptors (Lipinski definition) is 1. The zero-order chi connectivity index (χ0) is 12.8. The van der Waals surface area contributed by atoms with Crippen LogP contribution in [0.25, 0.3) is 0 Å². The summed E-state index contributed by atoms with van der Waals surface area (Å²) in [6.45, 7) is 2.29. The fourth-order valence-electron chi connectivity index (χ4n) is 2.77. The van der Waals surface area contributed by atoms with E-state index in [9.17, 15) is 0 Å². The van der Waals surface area contributed by atoms with Crippen molar-refractivity contribution in [1.29, 1.82) is 0 Å².